The van der Waals surface area contributed by atoms with Crippen LogP contribution in [0.4, 0.5) is 0 Å². The maximum Gasteiger partial charge on any atom is 0.0702 e. The van der Waals surface area contributed by atoms with E-state index >= 15 is 0 Å². The van der Waals surface area contributed by atoms with Crippen molar-refractivity contribution in [3.05, 3.63) is 20.8 Å². The molecule has 2 rings (SSSR count). The van der Waals surface area contributed by atoms with Gasteiger partial charge in [0.2, 0.25) is 0 Å². The Hall–Kier alpha value is 0.1000. The Morgan fingerprint density at radius 2 is 2.16 bits per heavy atom. The predicted octanol–water partition coefficient (Wildman–Crippen LogP) is 4.55. The number of hydrogen-bond donors (Lipinski definition) is 1. The average Bonchev–Trinajstić information content (AvgIpc) is 2.97. The third kappa shape index (κ3) is 3.23. The molecule has 2 N–H and O–H groups in total. The summed E-state index contributed by atoms with van der Waals surface area (Å²) in [6.07, 6.45) is 4.87. The highest BCUT2D eigenvalue weighted by Crippen LogP contribution is 2.40. The molecule has 0 radical (unpaired) electrons. The van der Waals surface area contributed by atoms with Crippen molar-refractivity contribution in [3.63, 3.8) is 0 Å². The maximum absolute atomic E-state index is 6.47. The summed E-state index contributed by atoms with van der Waals surface area (Å²) in [5.41, 5.74) is 6.47. The summed E-state index contributed by atoms with van der Waals surface area (Å²) in [4.78, 5) is 4.10. The van der Waals surface area contributed by atoms with Crippen molar-refractivity contribution in [3.8, 4) is 0 Å². The van der Waals surface area contributed by atoms with Crippen LogP contribution in [0, 0.1) is 0 Å². The largest absolute Gasteiger partial charge is 0.326 e. The van der Waals surface area contributed by atoms with Gasteiger partial charge in [-0.1, -0.05) is 13.8 Å². The lowest BCUT2D eigenvalue weighted by molar-refractivity contribution is 0.114. The van der Waals surface area contributed by atoms with Crippen molar-refractivity contribution in [2.24, 2.45) is 5.73 Å². The fourth-order valence-electron chi connectivity index (χ4n) is 3.30. The van der Waals surface area contributed by atoms with Crippen molar-refractivity contribution >= 4 is 27.3 Å². The number of likely N-dealkylation sites (tertiary alicyclic amines) is 1. The minimum atomic E-state index is 0.222. The molecule has 0 aromatic carbocycles. The van der Waals surface area contributed by atoms with E-state index in [1.165, 1.54) is 27.9 Å². The van der Waals surface area contributed by atoms with Crippen LogP contribution in [-0.4, -0.2) is 23.0 Å². The molecule has 108 valence electrons. The van der Waals surface area contributed by atoms with Crippen LogP contribution >= 0.6 is 27.3 Å². The van der Waals surface area contributed by atoms with Crippen molar-refractivity contribution in [1.29, 1.82) is 0 Å². The van der Waals surface area contributed by atoms with Gasteiger partial charge in [0.1, 0.15) is 0 Å². The van der Waals surface area contributed by atoms with Gasteiger partial charge in [0, 0.05) is 23.0 Å². The second kappa shape index (κ2) is 6.70. The summed E-state index contributed by atoms with van der Waals surface area (Å²) in [5.74, 6) is 0. The molecule has 0 spiro atoms. The lowest BCUT2D eigenvalue weighted by atomic mass is 10.0. The second-order valence-electron chi connectivity index (χ2n) is 5.59. The summed E-state index contributed by atoms with van der Waals surface area (Å²) in [6.45, 7) is 6.85. The number of nitrogens with zero attached hydrogens (tertiary/aromatic N) is 1. The summed E-state index contributed by atoms with van der Waals surface area (Å²) < 4.78 is 1.20. The highest BCUT2D eigenvalue weighted by atomic mass is 79.9. The van der Waals surface area contributed by atoms with E-state index in [2.05, 4.69) is 53.7 Å². The first-order valence-electron chi connectivity index (χ1n) is 7.36. The molecule has 1 saturated heterocycles. The Morgan fingerprint density at radius 3 is 2.68 bits per heavy atom. The van der Waals surface area contributed by atoms with Crippen LogP contribution in [0.2, 0.25) is 0 Å². The fourth-order valence-corrected chi connectivity index (χ4v) is 4.90. The number of thiophene rings is 1. The molecule has 2 heterocycles. The van der Waals surface area contributed by atoms with Crippen molar-refractivity contribution < 1.29 is 0 Å². The van der Waals surface area contributed by atoms with E-state index in [9.17, 15) is 0 Å². The molecule has 4 heteroatoms. The highest BCUT2D eigenvalue weighted by molar-refractivity contribution is 9.11. The molecule has 1 aliphatic rings. The van der Waals surface area contributed by atoms with Gasteiger partial charge in [-0.2, -0.15) is 0 Å². The van der Waals surface area contributed by atoms with Crippen molar-refractivity contribution in [1.82, 2.24) is 4.90 Å². The quantitative estimate of drug-likeness (QED) is 0.848. The van der Waals surface area contributed by atoms with Crippen LogP contribution in [-0.2, 0) is 0 Å². The summed E-state index contributed by atoms with van der Waals surface area (Å²) in [5, 5.41) is 0. The monoisotopic (exact) mass is 344 g/mol. The van der Waals surface area contributed by atoms with Crippen molar-refractivity contribution in [2.45, 2.75) is 70.6 Å². The molecule has 0 amide bonds. The van der Waals surface area contributed by atoms with Gasteiger partial charge in [0.05, 0.1) is 9.83 Å². The fraction of sp³-hybridized carbons (Fsp3) is 0.733. The lowest BCUT2D eigenvalue weighted by Gasteiger charge is -2.38. The first-order valence-corrected chi connectivity index (χ1v) is 8.97. The molecule has 19 heavy (non-hydrogen) atoms. The molecular weight excluding hydrogens is 320 g/mol. The summed E-state index contributed by atoms with van der Waals surface area (Å²) in [6, 6.07) is 6.33. The number of rotatable bonds is 5. The van der Waals surface area contributed by atoms with Gasteiger partial charge in [-0.25, -0.2) is 0 Å². The standard InChI is InChI=1S/C15H25BrN2S/c1-4-11-7-6-10(3)18(11)15(12(17)5-2)13-8-9-14(16)19-13/h8-12,15H,4-7,17H2,1-3H3. The van der Waals surface area contributed by atoms with Crippen LogP contribution in [0.15, 0.2) is 15.9 Å². The minimum absolute atomic E-state index is 0.222. The maximum atomic E-state index is 6.47. The number of nitrogens with two attached hydrogens (primary N) is 1. The zero-order chi connectivity index (χ0) is 14.0. The highest BCUT2D eigenvalue weighted by Gasteiger charge is 2.38. The molecule has 1 aliphatic heterocycles. The molecule has 1 fully saturated rings. The van der Waals surface area contributed by atoms with Crippen LogP contribution in [0.25, 0.3) is 0 Å². The molecule has 2 nitrogen and oxygen atoms in total. The molecule has 1 aromatic rings. The third-order valence-electron chi connectivity index (χ3n) is 4.40. The van der Waals surface area contributed by atoms with Crippen LogP contribution in [0.3, 0.4) is 0 Å². The van der Waals surface area contributed by atoms with Crippen LogP contribution in [0.1, 0.15) is 57.4 Å². The van der Waals surface area contributed by atoms with Gasteiger partial charge in [-0.05, 0) is 60.7 Å². The van der Waals surface area contributed by atoms with Gasteiger partial charge in [0.15, 0.2) is 0 Å². The Morgan fingerprint density at radius 1 is 1.42 bits per heavy atom. The van der Waals surface area contributed by atoms with Gasteiger partial charge < -0.3 is 5.73 Å². The van der Waals surface area contributed by atoms with E-state index in [0.29, 0.717) is 18.1 Å². The van der Waals surface area contributed by atoms with E-state index in [1.807, 2.05) is 11.3 Å². The zero-order valence-corrected chi connectivity index (χ0v) is 14.5. The van der Waals surface area contributed by atoms with E-state index in [1.54, 1.807) is 0 Å². The predicted molar refractivity (Wildman–Crippen MR) is 87.6 cm³/mol. The van der Waals surface area contributed by atoms with Gasteiger partial charge in [-0.3, -0.25) is 4.90 Å². The van der Waals surface area contributed by atoms with E-state index in [-0.39, 0.29) is 6.04 Å². The SMILES string of the molecule is CCC(N)C(c1ccc(Br)s1)N1C(C)CCC1CC. The van der Waals surface area contributed by atoms with Gasteiger partial charge in [0.25, 0.3) is 0 Å². The molecule has 1 aromatic heterocycles. The van der Waals surface area contributed by atoms with Crippen molar-refractivity contribution in [2.75, 3.05) is 0 Å². The lowest BCUT2D eigenvalue weighted by Crippen LogP contribution is -2.45. The minimum Gasteiger partial charge on any atom is -0.326 e. The summed E-state index contributed by atoms with van der Waals surface area (Å²) >= 11 is 5.42. The van der Waals surface area contributed by atoms with Gasteiger partial charge >= 0.3 is 0 Å². The van der Waals surface area contributed by atoms with Crippen LogP contribution < -0.4 is 5.73 Å². The smallest absolute Gasteiger partial charge is 0.0702 e. The number of hydrogen-bond acceptors (Lipinski definition) is 3. The Bertz CT molecular complexity index is 407. The number of halogens is 1. The molecule has 0 bridgehead atoms. The molecular formula is C15H25BrN2S. The Kier molecular flexibility index (Phi) is 5.46. The van der Waals surface area contributed by atoms with E-state index in [0.717, 1.165) is 6.42 Å². The third-order valence-corrected chi connectivity index (χ3v) is 6.10. The molecule has 4 unspecified atom stereocenters. The molecule has 0 saturated carbocycles. The normalized spacial score (nSPS) is 27.6. The molecule has 0 aliphatic carbocycles. The van der Waals surface area contributed by atoms with E-state index < -0.39 is 0 Å². The van der Waals surface area contributed by atoms with Crippen LogP contribution in [0.5, 0.6) is 0 Å². The average molecular weight is 345 g/mol. The first kappa shape index (κ1) is 15.5. The first-order chi connectivity index (χ1) is 9.08. The second-order valence-corrected chi connectivity index (χ2v) is 8.09. The topological polar surface area (TPSA) is 29.3 Å². The molecule has 4 atom stereocenters. The zero-order valence-electron chi connectivity index (χ0n) is 12.1. The Labute approximate surface area is 129 Å². The summed E-state index contributed by atoms with van der Waals surface area (Å²) in [7, 11) is 0. The van der Waals surface area contributed by atoms with E-state index in [4.69, 9.17) is 5.73 Å². The van der Waals surface area contributed by atoms with Gasteiger partial charge in [-0.15, -0.1) is 11.3 Å². The Balaban J connectivity index is 2.31.